The minimum atomic E-state index is 0.0892. The van der Waals surface area contributed by atoms with Crippen molar-refractivity contribution in [3.8, 4) is 0 Å². The number of pyridine rings is 1. The zero-order chi connectivity index (χ0) is 16.1. The van der Waals surface area contributed by atoms with Crippen molar-refractivity contribution in [2.75, 3.05) is 44.7 Å². The van der Waals surface area contributed by atoms with Crippen LogP contribution >= 0.6 is 0 Å². The summed E-state index contributed by atoms with van der Waals surface area (Å²) in [6.07, 6.45) is 2.02. The predicted molar refractivity (Wildman–Crippen MR) is 93.8 cm³/mol. The Bertz CT molecular complexity index is 592. The van der Waals surface area contributed by atoms with Crippen LogP contribution in [0.5, 0.6) is 0 Å². The second kappa shape index (κ2) is 7.57. The summed E-state index contributed by atoms with van der Waals surface area (Å²) >= 11 is 0. The molecule has 0 saturated carbocycles. The molecule has 1 fully saturated rings. The number of para-hydroxylation sites is 1. The van der Waals surface area contributed by atoms with E-state index >= 15 is 0 Å². The van der Waals surface area contributed by atoms with Gasteiger partial charge in [-0.05, 0) is 25.1 Å². The molecule has 1 unspecified atom stereocenters. The van der Waals surface area contributed by atoms with E-state index < -0.39 is 0 Å². The number of anilines is 1. The van der Waals surface area contributed by atoms with Gasteiger partial charge in [-0.15, -0.1) is 0 Å². The van der Waals surface area contributed by atoms with E-state index in [2.05, 4.69) is 57.2 Å². The SMILES string of the molecule is COC(CN1CCN(c2ccccc2)CC1)c1ccc(C)nc1. The van der Waals surface area contributed by atoms with E-state index in [4.69, 9.17) is 4.74 Å². The van der Waals surface area contributed by atoms with E-state index in [1.165, 1.54) is 5.69 Å². The van der Waals surface area contributed by atoms with E-state index in [0.29, 0.717) is 0 Å². The van der Waals surface area contributed by atoms with Gasteiger partial charge < -0.3 is 9.64 Å². The first-order chi connectivity index (χ1) is 11.3. The van der Waals surface area contributed by atoms with Crippen LogP contribution < -0.4 is 4.90 Å². The third kappa shape index (κ3) is 4.09. The number of hydrogen-bond donors (Lipinski definition) is 0. The highest BCUT2D eigenvalue weighted by molar-refractivity contribution is 5.46. The summed E-state index contributed by atoms with van der Waals surface area (Å²) < 4.78 is 5.70. The first-order valence-electron chi connectivity index (χ1n) is 8.24. The molecule has 2 heterocycles. The highest BCUT2D eigenvalue weighted by atomic mass is 16.5. The second-order valence-corrected chi connectivity index (χ2v) is 6.08. The lowest BCUT2D eigenvalue weighted by Gasteiger charge is -2.37. The first kappa shape index (κ1) is 16.0. The molecule has 1 atom stereocenters. The van der Waals surface area contributed by atoms with Gasteiger partial charge in [-0.1, -0.05) is 24.3 Å². The van der Waals surface area contributed by atoms with E-state index in [0.717, 1.165) is 44.0 Å². The molecule has 3 rings (SSSR count). The fourth-order valence-corrected chi connectivity index (χ4v) is 3.05. The molecular formula is C19H25N3O. The van der Waals surface area contributed by atoms with Gasteiger partial charge in [-0.2, -0.15) is 0 Å². The quantitative estimate of drug-likeness (QED) is 0.849. The van der Waals surface area contributed by atoms with Crippen LogP contribution in [0.3, 0.4) is 0 Å². The Labute approximate surface area is 138 Å². The zero-order valence-corrected chi connectivity index (χ0v) is 14.0. The van der Waals surface area contributed by atoms with Crippen molar-refractivity contribution in [3.63, 3.8) is 0 Å². The maximum absolute atomic E-state index is 5.70. The van der Waals surface area contributed by atoms with Crippen LogP contribution in [-0.4, -0.2) is 49.7 Å². The molecule has 2 aromatic rings. The Hall–Kier alpha value is -1.91. The molecule has 0 spiro atoms. The summed E-state index contributed by atoms with van der Waals surface area (Å²) in [5.41, 5.74) is 3.52. The summed E-state index contributed by atoms with van der Waals surface area (Å²) in [7, 11) is 1.78. The molecule has 1 saturated heterocycles. The maximum atomic E-state index is 5.70. The molecule has 0 aliphatic carbocycles. The van der Waals surface area contributed by atoms with Gasteiger partial charge in [-0.3, -0.25) is 9.88 Å². The monoisotopic (exact) mass is 311 g/mol. The average Bonchev–Trinajstić information content (AvgIpc) is 2.62. The van der Waals surface area contributed by atoms with E-state index in [1.54, 1.807) is 7.11 Å². The fourth-order valence-electron chi connectivity index (χ4n) is 3.05. The highest BCUT2D eigenvalue weighted by Crippen LogP contribution is 2.20. The molecule has 1 aliphatic rings. The predicted octanol–water partition coefficient (Wildman–Crippen LogP) is 2.90. The number of methoxy groups -OCH3 is 1. The summed E-state index contributed by atoms with van der Waals surface area (Å²) in [5.74, 6) is 0. The van der Waals surface area contributed by atoms with Crippen LogP contribution in [0.15, 0.2) is 48.7 Å². The number of rotatable bonds is 5. The van der Waals surface area contributed by atoms with Gasteiger partial charge in [0.2, 0.25) is 0 Å². The number of aromatic nitrogens is 1. The Morgan fingerprint density at radius 3 is 2.39 bits per heavy atom. The smallest absolute Gasteiger partial charge is 0.0962 e. The summed E-state index contributed by atoms with van der Waals surface area (Å²) in [6.45, 7) is 7.18. The molecule has 0 N–H and O–H groups in total. The van der Waals surface area contributed by atoms with Gasteiger partial charge in [0.05, 0.1) is 6.10 Å². The van der Waals surface area contributed by atoms with Crippen molar-refractivity contribution in [2.24, 2.45) is 0 Å². The number of ether oxygens (including phenoxy) is 1. The molecule has 122 valence electrons. The summed E-state index contributed by atoms with van der Waals surface area (Å²) in [5, 5.41) is 0. The van der Waals surface area contributed by atoms with Crippen molar-refractivity contribution in [1.29, 1.82) is 0 Å². The van der Waals surface area contributed by atoms with Gasteiger partial charge in [0.25, 0.3) is 0 Å². The standard InChI is InChI=1S/C19H25N3O/c1-16-8-9-17(14-20-16)19(23-2)15-21-10-12-22(13-11-21)18-6-4-3-5-7-18/h3-9,14,19H,10-13,15H2,1-2H3. The van der Waals surface area contributed by atoms with Crippen molar-refractivity contribution < 1.29 is 4.74 Å². The largest absolute Gasteiger partial charge is 0.375 e. The molecule has 23 heavy (non-hydrogen) atoms. The van der Waals surface area contributed by atoms with Crippen molar-refractivity contribution >= 4 is 5.69 Å². The van der Waals surface area contributed by atoms with Crippen LogP contribution in [0, 0.1) is 6.92 Å². The van der Waals surface area contributed by atoms with Gasteiger partial charge in [0, 0.05) is 63.0 Å². The molecule has 0 bridgehead atoms. The van der Waals surface area contributed by atoms with Gasteiger partial charge in [0.1, 0.15) is 0 Å². The topological polar surface area (TPSA) is 28.6 Å². The number of benzene rings is 1. The zero-order valence-electron chi connectivity index (χ0n) is 14.0. The minimum Gasteiger partial charge on any atom is -0.375 e. The molecule has 0 amide bonds. The maximum Gasteiger partial charge on any atom is 0.0962 e. The Kier molecular flexibility index (Phi) is 5.26. The second-order valence-electron chi connectivity index (χ2n) is 6.08. The van der Waals surface area contributed by atoms with Crippen LogP contribution in [0.4, 0.5) is 5.69 Å². The van der Waals surface area contributed by atoms with Crippen molar-refractivity contribution in [1.82, 2.24) is 9.88 Å². The number of hydrogen-bond acceptors (Lipinski definition) is 4. The lowest BCUT2D eigenvalue weighted by molar-refractivity contribution is 0.0613. The van der Waals surface area contributed by atoms with Crippen LogP contribution in [0.25, 0.3) is 0 Å². The molecule has 1 aromatic heterocycles. The lowest BCUT2D eigenvalue weighted by Crippen LogP contribution is -2.47. The van der Waals surface area contributed by atoms with Gasteiger partial charge in [0.15, 0.2) is 0 Å². The molecule has 0 radical (unpaired) electrons. The molecular weight excluding hydrogens is 286 g/mol. The van der Waals surface area contributed by atoms with E-state index in [-0.39, 0.29) is 6.10 Å². The van der Waals surface area contributed by atoms with E-state index in [9.17, 15) is 0 Å². The molecule has 4 nitrogen and oxygen atoms in total. The highest BCUT2D eigenvalue weighted by Gasteiger charge is 2.21. The van der Waals surface area contributed by atoms with Crippen LogP contribution in [-0.2, 0) is 4.74 Å². The Balaban J connectivity index is 1.56. The van der Waals surface area contributed by atoms with Crippen molar-refractivity contribution in [3.05, 3.63) is 59.9 Å². The normalized spacial score (nSPS) is 17.2. The minimum absolute atomic E-state index is 0.0892. The Morgan fingerprint density at radius 1 is 1.04 bits per heavy atom. The molecule has 4 heteroatoms. The van der Waals surface area contributed by atoms with Gasteiger partial charge in [-0.25, -0.2) is 0 Å². The molecule has 1 aliphatic heterocycles. The first-order valence-corrected chi connectivity index (χ1v) is 8.24. The van der Waals surface area contributed by atoms with Gasteiger partial charge >= 0.3 is 0 Å². The lowest BCUT2D eigenvalue weighted by atomic mass is 10.1. The fraction of sp³-hybridized carbons (Fsp3) is 0.421. The third-order valence-electron chi connectivity index (χ3n) is 4.51. The number of piperazine rings is 1. The van der Waals surface area contributed by atoms with E-state index in [1.807, 2.05) is 13.1 Å². The van der Waals surface area contributed by atoms with Crippen molar-refractivity contribution in [2.45, 2.75) is 13.0 Å². The number of nitrogens with zero attached hydrogens (tertiary/aromatic N) is 3. The summed E-state index contributed by atoms with van der Waals surface area (Å²) in [4.78, 5) is 9.32. The van der Waals surface area contributed by atoms with Crippen LogP contribution in [0.1, 0.15) is 17.4 Å². The average molecular weight is 311 g/mol. The summed E-state index contributed by atoms with van der Waals surface area (Å²) in [6, 6.07) is 14.8. The molecule has 1 aromatic carbocycles. The Morgan fingerprint density at radius 2 is 1.78 bits per heavy atom. The van der Waals surface area contributed by atoms with Crippen LogP contribution in [0.2, 0.25) is 0 Å². The number of aryl methyl sites for hydroxylation is 1. The third-order valence-corrected chi connectivity index (χ3v) is 4.51.